The van der Waals surface area contributed by atoms with E-state index in [0.717, 1.165) is 12.1 Å². The maximum atomic E-state index is 11.4. The fraction of sp³-hybridized carbons (Fsp3) is 0.167. The van der Waals surface area contributed by atoms with Gasteiger partial charge in [-0.05, 0) is 24.1 Å². The molecule has 7 N–H and O–H groups in total. The summed E-state index contributed by atoms with van der Waals surface area (Å²) in [5.74, 6) is -3.79. The van der Waals surface area contributed by atoms with E-state index < -0.39 is 23.7 Å². The number of carbonyl (C=O) groups excluding carboxylic acids is 3. The van der Waals surface area contributed by atoms with Gasteiger partial charge in [-0.3, -0.25) is 19.2 Å². The topological polar surface area (TPSA) is 167 Å². The summed E-state index contributed by atoms with van der Waals surface area (Å²) < 4.78 is 0. The summed E-state index contributed by atoms with van der Waals surface area (Å²) in [5, 5.41) is 8.67. The Bertz CT molecular complexity index is 574. The van der Waals surface area contributed by atoms with Crippen LogP contribution >= 0.6 is 0 Å². The summed E-state index contributed by atoms with van der Waals surface area (Å²) in [5.41, 5.74) is 15.1. The number of aliphatic carboxylic acids is 1. The quantitative estimate of drug-likeness (QED) is 0.523. The van der Waals surface area contributed by atoms with Gasteiger partial charge in [-0.15, -0.1) is 0 Å². The fourth-order valence-electron chi connectivity index (χ4n) is 1.76. The molecular formula is C12H13N3O5. The molecule has 3 amide bonds. The highest BCUT2D eigenvalue weighted by molar-refractivity contribution is 6.05. The number of carboxylic acid groups (broad SMARTS) is 1. The third-order valence-electron chi connectivity index (χ3n) is 2.65. The SMILES string of the molecule is NC(=O)c1cc(C(N)=O)c(CCC(=O)O)c(C(N)=O)c1. The van der Waals surface area contributed by atoms with Gasteiger partial charge in [0.1, 0.15) is 0 Å². The molecule has 0 bridgehead atoms. The van der Waals surface area contributed by atoms with E-state index in [4.69, 9.17) is 22.3 Å². The summed E-state index contributed by atoms with van der Waals surface area (Å²) in [7, 11) is 0. The van der Waals surface area contributed by atoms with E-state index >= 15 is 0 Å². The molecule has 20 heavy (non-hydrogen) atoms. The average molecular weight is 279 g/mol. The van der Waals surface area contributed by atoms with Crippen molar-refractivity contribution in [1.82, 2.24) is 0 Å². The number of carboxylic acids is 1. The summed E-state index contributed by atoms with van der Waals surface area (Å²) >= 11 is 0. The molecular weight excluding hydrogens is 266 g/mol. The summed E-state index contributed by atoms with van der Waals surface area (Å²) in [4.78, 5) is 44.5. The van der Waals surface area contributed by atoms with E-state index in [9.17, 15) is 19.2 Å². The van der Waals surface area contributed by atoms with Gasteiger partial charge in [-0.2, -0.15) is 0 Å². The number of benzene rings is 1. The maximum Gasteiger partial charge on any atom is 0.303 e. The molecule has 0 aliphatic rings. The molecule has 8 nitrogen and oxygen atoms in total. The van der Waals surface area contributed by atoms with Crippen molar-refractivity contribution in [2.24, 2.45) is 17.2 Å². The van der Waals surface area contributed by atoms with Gasteiger partial charge in [0.25, 0.3) is 0 Å². The molecule has 8 heteroatoms. The maximum absolute atomic E-state index is 11.4. The van der Waals surface area contributed by atoms with Crippen LogP contribution in [0.15, 0.2) is 12.1 Å². The van der Waals surface area contributed by atoms with Crippen LogP contribution in [0.3, 0.4) is 0 Å². The molecule has 0 saturated carbocycles. The highest BCUT2D eigenvalue weighted by Crippen LogP contribution is 2.19. The van der Waals surface area contributed by atoms with Crippen LogP contribution in [0.2, 0.25) is 0 Å². The van der Waals surface area contributed by atoms with Crippen molar-refractivity contribution in [2.75, 3.05) is 0 Å². The zero-order valence-corrected chi connectivity index (χ0v) is 10.4. The number of rotatable bonds is 6. The van der Waals surface area contributed by atoms with Crippen molar-refractivity contribution in [2.45, 2.75) is 12.8 Å². The van der Waals surface area contributed by atoms with Gasteiger partial charge < -0.3 is 22.3 Å². The molecule has 0 spiro atoms. The molecule has 0 aliphatic carbocycles. The van der Waals surface area contributed by atoms with Gasteiger partial charge in [0.15, 0.2) is 0 Å². The van der Waals surface area contributed by atoms with Crippen molar-refractivity contribution in [3.8, 4) is 0 Å². The Labute approximate surface area is 113 Å². The molecule has 106 valence electrons. The van der Waals surface area contributed by atoms with Gasteiger partial charge in [0.05, 0.1) is 0 Å². The lowest BCUT2D eigenvalue weighted by Gasteiger charge is -2.12. The minimum absolute atomic E-state index is 0.0948. The molecule has 0 heterocycles. The second kappa shape index (κ2) is 5.83. The first-order valence-electron chi connectivity index (χ1n) is 5.52. The van der Waals surface area contributed by atoms with Crippen LogP contribution in [0.5, 0.6) is 0 Å². The van der Waals surface area contributed by atoms with E-state index in [2.05, 4.69) is 0 Å². The van der Waals surface area contributed by atoms with E-state index in [-0.39, 0.29) is 35.1 Å². The summed E-state index contributed by atoms with van der Waals surface area (Å²) in [6, 6.07) is 2.24. The number of carbonyl (C=O) groups is 4. The molecule has 0 aliphatic heterocycles. The van der Waals surface area contributed by atoms with Crippen LogP contribution < -0.4 is 17.2 Å². The van der Waals surface area contributed by atoms with Crippen molar-refractivity contribution in [3.63, 3.8) is 0 Å². The molecule has 1 aromatic carbocycles. The summed E-state index contributed by atoms with van der Waals surface area (Å²) in [6.07, 6.45) is -0.443. The first-order chi connectivity index (χ1) is 9.23. The Kier molecular flexibility index (Phi) is 4.42. The highest BCUT2D eigenvalue weighted by Gasteiger charge is 2.20. The first-order valence-corrected chi connectivity index (χ1v) is 5.52. The molecule has 0 atom stereocenters. The van der Waals surface area contributed by atoms with Crippen LogP contribution in [0.1, 0.15) is 43.1 Å². The number of hydrogen-bond donors (Lipinski definition) is 4. The molecule has 1 rings (SSSR count). The van der Waals surface area contributed by atoms with Crippen LogP contribution in [0, 0.1) is 0 Å². The zero-order valence-electron chi connectivity index (χ0n) is 10.4. The third-order valence-corrected chi connectivity index (χ3v) is 2.65. The Hall–Kier alpha value is -2.90. The first kappa shape index (κ1) is 15.2. The lowest BCUT2D eigenvalue weighted by Crippen LogP contribution is -2.23. The van der Waals surface area contributed by atoms with Crippen LogP contribution in [0.25, 0.3) is 0 Å². The fourth-order valence-corrected chi connectivity index (χ4v) is 1.76. The molecule has 0 aromatic heterocycles. The normalized spacial score (nSPS) is 10.0. The molecule has 0 radical (unpaired) electrons. The van der Waals surface area contributed by atoms with Gasteiger partial charge in [0.2, 0.25) is 17.7 Å². The van der Waals surface area contributed by atoms with Crippen LogP contribution in [-0.4, -0.2) is 28.8 Å². The summed E-state index contributed by atoms with van der Waals surface area (Å²) in [6.45, 7) is 0. The minimum Gasteiger partial charge on any atom is -0.481 e. The third kappa shape index (κ3) is 3.31. The Balaban J connectivity index is 3.50. The van der Waals surface area contributed by atoms with Crippen molar-refractivity contribution >= 4 is 23.7 Å². The number of primary amides is 3. The van der Waals surface area contributed by atoms with Gasteiger partial charge in [0, 0.05) is 23.1 Å². The molecule has 0 unspecified atom stereocenters. The van der Waals surface area contributed by atoms with Crippen LogP contribution in [0.4, 0.5) is 0 Å². The van der Waals surface area contributed by atoms with Crippen LogP contribution in [-0.2, 0) is 11.2 Å². The Morgan fingerprint density at radius 1 is 0.900 bits per heavy atom. The van der Waals surface area contributed by atoms with Crippen molar-refractivity contribution < 1.29 is 24.3 Å². The molecule has 0 fully saturated rings. The second-order valence-corrected chi connectivity index (χ2v) is 4.04. The minimum atomic E-state index is -1.12. The zero-order chi connectivity index (χ0) is 15.4. The highest BCUT2D eigenvalue weighted by atomic mass is 16.4. The number of nitrogens with two attached hydrogens (primary N) is 3. The smallest absolute Gasteiger partial charge is 0.303 e. The van der Waals surface area contributed by atoms with E-state index in [1.807, 2.05) is 0 Å². The van der Waals surface area contributed by atoms with E-state index in [1.54, 1.807) is 0 Å². The monoisotopic (exact) mass is 279 g/mol. The van der Waals surface area contributed by atoms with E-state index in [0.29, 0.717) is 0 Å². The average Bonchev–Trinajstić information content (AvgIpc) is 2.34. The van der Waals surface area contributed by atoms with Crippen molar-refractivity contribution in [1.29, 1.82) is 0 Å². The largest absolute Gasteiger partial charge is 0.481 e. The van der Waals surface area contributed by atoms with Crippen molar-refractivity contribution in [3.05, 3.63) is 34.4 Å². The molecule has 1 aromatic rings. The Morgan fingerprint density at radius 3 is 1.65 bits per heavy atom. The predicted octanol–water partition coefficient (Wildman–Crippen LogP) is -0.999. The molecule has 0 saturated heterocycles. The second-order valence-electron chi connectivity index (χ2n) is 4.04. The lowest BCUT2D eigenvalue weighted by molar-refractivity contribution is -0.136. The lowest BCUT2D eigenvalue weighted by atomic mass is 9.93. The van der Waals surface area contributed by atoms with E-state index in [1.165, 1.54) is 0 Å². The predicted molar refractivity (Wildman–Crippen MR) is 68.0 cm³/mol. The number of amides is 3. The van der Waals surface area contributed by atoms with Gasteiger partial charge in [-0.1, -0.05) is 0 Å². The van der Waals surface area contributed by atoms with Gasteiger partial charge in [-0.25, -0.2) is 0 Å². The standard InChI is InChI=1S/C12H13N3O5/c13-10(18)5-3-7(11(14)19)6(1-2-9(16)17)8(4-5)12(15)20/h3-4H,1-2H2,(H2,13,18)(H2,14,19)(H2,15,20)(H,16,17). The Morgan fingerprint density at radius 2 is 1.35 bits per heavy atom. The van der Waals surface area contributed by atoms with Gasteiger partial charge >= 0.3 is 5.97 Å². The number of hydrogen-bond acceptors (Lipinski definition) is 4.